The van der Waals surface area contributed by atoms with Crippen molar-refractivity contribution in [1.29, 1.82) is 0 Å². The van der Waals surface area contributed by atoms with Crippen molar-refractivity contribution in [2.45, 2.75) is 57.5 Å². The molecule has 0 aromatic heterocycles. The standard InChI is InChI=1S/C17H26N4O2S/c1-11(2)15-10-7-13(4)16(17(15)19-21-18)20-24(22,23)14-8-5-12(3)6-9-14/h5-6,8-9,11,13,15-17,20H,7,10H2,1-4H3/t13-,15+,16-,17-/m1/s1. The second-order valence-corrected chi connectivity index (χ2v) is 8.83. The van der Waals surface area contributed by atoms with Gasteiger partial charge in [-0.05, 0) is 55.2 Å². The van der Waals surface area contributed by atoms with Crippen LogP contribution in [-0.4, -0.2) is 20.5 Å². The van der Waals surface area contributed by atoms with Crippen molar-refractivity contribution in [3.63, 3.8) is 0 Å². The van der Waals surface area contributed by atoms with E-state index in [2.05, 4.69) is 28.6 Å². The first-order chi connectivity index (χ1) is 11.3. The maximum absolute atomic E-state index is 12.7. The Hall–Kier alpha value is -1.56. The molecular formula is C17H26N4O2S. The zero-order chi connectivity index (χ0) is 17.9. The molecular weight excluding hydrogens is 324 g/mol. The number of hydrogen-bond acceptors (Lipinski definition) is 3. The van der Waals surface area contributed by atoms with E-state index in [1.165, 1.54) is 0 Å². The van der Waals surface area contributed by atoms with Crippen molar-refractivity contribution in [3.8, 4) is 0 Å². The molecule has 0 bridgehead atoms. The summed E-state index contributed by atoms with van der Waals surface area (Å²) >= 11 is 0. The molecule has 1 aromatic carbocycles. The highest BCUT2D eigenvalue weighted by Crippen LogP contribution is 2.36. The van der Waals surface area contributed by atoms with Crippen LogP contribution in [0.3, 0.4) is 0 Å². The van der Waals surface area contributed by atoms with Crippen molar-refractivity contribution in [2.24, 2.45) is 22.9 Å². The van der Waals surface area contributed by atoms with E-state index in [0.29, 0.717) is 5.92 Å². The molecule has 1 aromatic rings. The summed E-state index contributed by atoms with van der Waals surface area (Å²) in [6.45, 7) is 8.11. The van der Waals surface area contributed by atoms with Gasteiger partial charge in [-0.1, -0.05) is 43.6 Å². The predicted molar refractivity (Wildman–Crippen MR) is 94.9 cm³/mol. The molecule has 1 aliphatic carbocycles. The number of aryl methyl sites for hydroxylation is 1. The van der Waals surface area contributed by atoms with E-state index in [4.69, 9.17) is 5.53 Å². The number of azide groups is 1. The lowest BCUT2D eigenvalue weighted by atomic mass is 9.71. The second kappa shape index (κ2) is 7.55. The smallest absolute Gasteiger partial charge is 0.207 e. The summed E-state index contributed by atoms with van der Waals surface area (Å²) < 4.78 is 28.3. The SMILES string of the molecule is Cc1ccc(S(=O)(=O)N[C@H]2[C@H](N=[N+]=[N-])[C@H](C(C)C)CC[C@H]2C)cc1. The molecule has 24 heavy (non-hydrogen) atoms. The van der Waals surface area contributed by atoms with Crippen LogP contribution in [-0.2, 0) is 10.0 Å². The number of nitrogens with zero attached hydrogens (tertiary/aromatic N) is 3. The van der Waals surface area contributed by atoms with E-state index in [1.54, 1.807) is 24.3 Å². The largest absolute Gasteiger partial charge is 0.240 e. The molecule has 0 aliphatic heterocycles. The van der Waals surface area contributed by atoms with Gasteiger partial charge in [0.15, 0.2) is 0 Å². The Morgan fingerprint density at radius 2 is 1.88 bits per heavy atom. The maximum atomic E-state index is 12.7. The lowest BCUT2D eigenvalue weighted by Gasteiger charge is -2.41. The Kier molecular flexibility index (Phi) is 5.91. The number of rotatable bonds is 5. The highest BCUT2D eigenvalue weighted by molar-refractivity contribution is 7.89. The molecule has 7 heteroatoms. The molecule has 132 valence electrons. The predicted octanol–water partition coefficient (Wildman–Crippen LogP) is 4.02. The molecule has 1 aliphatic rings. The molecule has 0 radical (unpaired) electrons. The third-order valence-corrected chi connectivity index (χ3v) is 6.51. The number of sulfonamides is 1. The van der Waals surface area contributed by atoms with Crippen molar-refractivity contribution in [2.75, 3.05) is 0 Å². The Balaban J connectivity index is 2.32. The molecule has 4 atom stereocenters. The quantitative estimate of drug-likeness (QED) is 0.493. The van der Waals surface area contributed by atoms with Crippen molar-refractivity contribution >= 4 is 10.0 Å². The topological polar surface area (TPSA) is 94.9 Å². The van der Waals surface area contributed by atoms with Crippen molar-refractivity contribution in [1.82, 2.24) is 4.72 Å². The van der Waals surface area contributed by atoms with Gasteiger partial charge < -0.3 is 0 Å². The van der Waals surface area contributed by atoms with E-state index < -0.39 is 10.0 Å². The molecule has 6 nitrogen and oxygen atoms in total. The average molecular weight is 350 g/mol. The lowest BCUT2D eigenvalue weighted by molar-refractivity contribution is 0.162. The van der Waals surface area contributed by atoms with Crippen LogP contribution >= 0.6 is 0 Å². The second-order valence-electron chi connectivity index (χ2n) is 7.12. The molecule has 2 rings (SSSR count). The maximum Gasteiger partial charge on any atom is 0.240 e. The summed E-state index contributed by atoms with van der Waals surface area (Å²) in [6, 6.07) is 6.02. The summed E-state index contributed by atoms with van der Waals surface area (Å²) in [5.41, 5.74) is 9.96. The number of benzene rings is 1. The summed E-state index contributed by atoms with van der Waals surface area (Å²) in [7, 11) is -3.64. The first-order valence-corrected chi connectivity index (χ1v) is 9.87. The van der Waals surface area contributed by atoms with Crippen LogP contribution in [0.15, 0.2) is 34.3 Å². The normalized spacial score (nSPS) is 27.7. The Bertz CT molecular complexity index is 709. The Morgan fingerprint density at radius 3 is 2.42 bits per heavy atom. The van der Waals surface area contributed by atoms with E-state index in [0.717, 1.165) is 18.4 Å². The monoisotopic (exact) mass is 350 g/mol. The zero-order valence-corrected chi connectivity index (χ0v) is 15.5. The minimum Gasteiger partial charge on any atom is -0.207 e. The van der Waals surface area contributed by atoms with Crippen LogP contribution in [0.2, 0.25) is 0 Å². The molecule has 0 saturated heterocycles. The van der Waals surface area contributed by atoms with Crippen LogP contribution in [0.25, 0.3) is 10.4 Å². The number of hydrogen-bond donors (Lipinski definition) is 1. The third kappa shape index (κ3) is 4.09. The molecule has 1 N–H and O–H groups in total. The molecule has 1 fully saturated rings. The van der Waals surface area contributed by atoms with Crippen LogP contribution < -0.4 is 4.72 Å². The summed E-state index contributed by atoms with van der Waals surface area (Å²) in [4.78, 5) is 3.22. The first-order valence-electron chi connectivity index (χ1n) is 8.39. The van der Waals surface area contributed by atoms with Gasteiger partial charge in [-0.15, -0.1) is 0 Å². The zero-order valence-electron chi connectivity index (χ0n) is 14.7. The van der Waals surface area contributed by atoms with Crippen molar-refractivity contribution in [3.05, 3.63) is 40.3 Å². The van der Waals surface area contributed by atoms with Gasteiger partial charge in [-0.25, -0.2) is 13.1 Å². The highest BCUT2D eigenvalue weighted by Gasteiger charge is 2.40. The Morgan fingerprint density at radius 1 is 1.25 bits per heavy atom. The molecule has 0 amide bonds. The minimum absolute atomic E-state index is 0.121. The third-order valence-electron chi connectivity index (χ3n) is 5.04. The highest BCUT2D eigenvalue weighted by atomic mass is 32.2. The van der Waals surface area contributed by atoms with Gasteiger partial charge in [0.05, 0.1) is 10.9 Å². The molecule has 0 unspecified atom stereocenters. The molecule has 0 spiro atoms. The van der Waals surface area contributed by atoms with E-state index in [1.807, 2.05) is 13.8 Å². The fraction of sp³-hybridized carbons (Fsp3) is 0.647. The number of nitrogens with one attached hydrogen (secondary N) is 1. The van der Waals surface area contributed by atoms with Gasteiger partial charge in [-0.2, -0.15) is 0 Å². The van der Waals surface area contributed by atoms with Crippen molar-refractivity contribution < 1.29 is 8.42 Å². The van der Waals surface area contributed by atoms with Gasteiger partial charge in [-0.3, -0.25) is 0 Å². The van der Waals surface area contributed by atoms with Gasteiger partial charge in [0.25, 0.3) is 0 Å². The molecule has 0 heterocycles. The van der Waals surface area contributed by atoms with E-state index in [9.17, 15) is 8.42 Å². The molecule has 1 saturated carbocycles. The van der Waals surface area contributed by atoms with Gasteiger partial charge in [0, 0.05) is 11.0 Å². The fourth-order valence-electron chi connectivity index (χ4n) is 3.50. The summed E-state index contributed by atoms with van der Waals surface area (Å²) in [5.74, 6) is 0.637. The fourth-order valence-corrected chi connectivity index (χ4v) is 4.86. The lowest BCUT2D eigenvalue weighted by Crippen LogP contribution is -2.52. The first kappa shape index (κ1) is 18.8. The summed E-state index contributed by atoms with van der Waals surface area (Å²) in [6.07, 6.45) is 1.87. The van der Waals surface area contributed by atoms with Crippen LogP contribution in [0, 0.1) is 24.7 Å². The van der Waals surface area contributed by atoms with Gasteiger partial charge in [0.1, 0.15) is 0 Å². The van der Waals surface area contributed by atoms with Gasteiger partial charge in [0.2, 0.25) is 10.0 Å². The van der Waals surface area contributed by atoms with Crippen LogP contribution in [0.4, 0.5) is 0 Å². The van der Waals surface area contributed by atoms with E-state index in [-0.39, 0.29) is 28.8 Å². The minimum atomic E-state index is -3.64. The van der Waals surface area contributed by atoms with E-state index >= 15 is 0 Å². The van der Waals surface area contributed by atoms with Gasteiger partial charge >= 0.3 is 0 Å². The summed E-state index contributed by atoms with van der Waals surface area (Å²) in [5, 5.41) is 3.96. The van der Waals surface area contributed by atoms with Crippen LogP contribution in [0.1, 0.15) is 39.2 Å². The average Bonchev–Trinajstić information content (AvgIpc) is 2.51. The van der Waals surface area contributed by atoms with Crippen LogP contribution in [0.5, 0.6) is 0 Å². The Labute approximate surface area is 144 Å².